The minimum atomic E-state index is -4.69. The van der Waals surface area contributed by atoms with E-state index in [4.69, 9.17) is 25.4 Å². The standard InChI is InChI=1S/C41H30O8S/c1-4-28-23-27(2)24-38(25-28)48-37-21-22-39(40(26-37)50(43,44)45)49-36-19-11-32(12-20-36)41(42)31-9-17-35(18-10-31)47-34-15-7-30(8-16-34)29-5-13-33(46-3)14-6-29/h1,5-26H,2-3H3,(H,43,44,45). The lowest BCUT2D eigenvalue weighted by Crippen LogP contribution is -2.03. The number of ether oxygens (including phenoxy) is 4. The molecular formula is C41H30O8S. The fraction of sp³-hybridized carbons (Fsp3) is 0.0488. The van der Waals surface area contributed by atoms with Gasteiger partial charge in [0.05, 0.1) is 7.11 Å². The number of aryl methyl sites for hydroxylation is 1. The highest BCUT2D eigenvalue weighted by Gasteiger charge is 2.20. The number of carbonyl (C=O) groups excluding carboxylic acids is 1. The van der Waals surface area contributed by atoms with E-state index in [9.17, 15) is 17.8 Å². The Bertz CT molecular complexity index is 2300. The summed E-state index contributed by atoms with van der Waals surface area (Å²) < 4.78 is 57.2. The summed E-state index contributed by atoms with van der Waals surface area (Å²) in [6.45, 7) is 1.85. The maximum absolute atomic E-state index is 13.2. The van der Waals surface area contributed by atoms with Crippen molar-refractivity contribution in [2.45, 2.75) is 11.8 Å². The fourth-order valence-corrected chi connectivity index (χ4v) is 5.77. The summed E-state index contributed by atoms with van der Waals surface area (Å²) >= 11 is 0. The molecule has 0 fully saturated rings. The Morgan fingerprint density at radius 3 is 1.60 bits per heavy atom. The van der Waals surface area contributed by atoms with Gasteiger partial charge < -0.3 is 18.9 Å². The van der Waals surface area contributed by atoms with E-state index in [1.54, 1.807) is 55.6 Å². The van der Waals surface area contributed by atoms with E-state index in [1.165, 1.54) is 24.3 Å². The van der Waals surface area contributed by atoms with Crippen LogP contribution in [0.25, 0.3) is 11.1 Å². The minimum Gasteiger partial charge on any atom is -0.497 e. The number of terminal acetylenes is 1. The molecule has 0 aliphatic heterocycles. The van der Waals surface area contributed by atoms with Gasteiger partial charge in [0.15, 0.2) is 5.78 Å². The summed E-state index contributed by atoms with van der Waals surface area (Å²) in [6.07, 6.45) is 5.50. The van der Waals surface area contributed by atoms with Gasteiger partial charge in [-0.1, -0.05) is 30.2 Å². The van der Waals surface area contributed by atoms with E-state index in [2.05, 4.69) is 5.92 Å². The molecule has 1 N–H and O–H groups in total. The number of hydrogen-bond donors (Lipinski definition) is 1. The van der Waals surface area contributed by atoms with Gasteiger partial charge in [-0.05, 0) is 127 Å². The van der Waals surface area contributed by atoms with E-state index in [0.717, 1.165) is 28.5 Å². The lowest BCUT2D eigenvalue weighted by molar-refractivity contribution is 0.103. The van der Waals surface area contributed by atoms with E-state index in [1.807, 2.05) is 61.5 Å². The van der Waals surface area contributed by atoms with Crippen molar-refractivity contribution in [1.82, 2.24) is 0 Å². The smallest absolute Gasteiger partial charge is 0.298 e. The quantitative estimate of drug-likeness (QED) is 0.0818. The van der Waals surface area contributed by atoms with E-state index >= 15 is 0 Å². The second-order valence-electron chi connectivity index (χ2n) is 11.2. The topological polar surface area (TPSA) is 108 Å². The second kappa shape index (κ2) is 14.4. The summed E-state index contributed by atoms with van der Waals surface area (Å²) in [7, 11) is -3.06. The molecule has 0 radical (unpaired) electrons. The van der Waals surface area contributed by atoms with Crippen LogP contribution < -0.4 is 18.9 Å². The predicted octanol–water partition coefficient (Wildman–Crippen LogP) is 9.51. The van der Waals surface area contributed by atoms with Crippen molar-refractivity contribution >= 4 is 15.9 Å². The molecule has 6 aromatic rings. The van der Waals surface area contributed by atoms with Crippen molar-refractivity contribution in [1.29, 1.82) is 0 Å². The van der Waals surface area contributed by atoms with Gasteiger partial charge in [0.2, 0.25) is 0 Å². The Hall–Kier alpha value is -6.34. The molecule has 0 aliphatic carbocycles. The van der Waals surface area contributed by atoms with Gasteiger partial charge in [0.1, 0.15) is 45.1 Å². The first-order chi connectivity index (χ1) is 24.1. The maximum atomic E-state index is 13.2. The summed E-state index contributed by atoms with van der Waals surface area (Å²) in [5.41, 5.74) is 4.41. The highest BCUT2D eigenvalue weighted by atomic mass is 32.2. The summed E-state index contributed by atoms with van der Waals surface area (Å²) in [4.78, 5) is 12.7. The van der Waals surface area contributed by atoms with E-state index in [-0.39, 0.29) is 23.0 Å². The van der Waals surface area contributed by atoms with E-state index in [0.29, 0.717) is 33.9 Å². The molecule has 0 aliphatic rings. The largest absolute Gasteiger partial charge is 0.497 e. The Morgan fingerprint density at radius 2 is 1.08 bits per heavy atom. The molecule has 6 aromatic carbocycles. The summed E-state index contributed by atoms with van der Waals surface area (Å²) in [6, 6.07) is 37.7. The Labute approximate surface area is 290 Å². The summed E-state index contributed by atoms with van der Waals surface area (Å²) in [5.74, 6) is 5.02. The Balaban J connectivity index is 1.10. The van der Waals surface area contributed by atoms with Gasteiger partial charge in [-0.2, -0.15) is 8.42 Å². The third kappa shape index (κ3) is 8.02. The minimum absolute atomic E-state index is 0.126. The maximum Gasteiger partial charge on any atom is 0.298 e. The molecule has 0 aromatic heterocycles. The SMILES string of the molecule is C#Cc1cc(C)cc(Oc2ccc(Oc3ccc(C(=O)c4ccc(Oc5ccc(-c6ccc(OC)cc6)cc5)cc4)cc3)c(S(=O)(=O)O)c2)c1. The van der Waals surface area contributed by atoms with Crippen LogP contribution in [0, 0.1) is 19.3 Å². The van der Waals surface area contributed by atoms with Crippen LogP contribution in [-0.4, -0.2) is 25.9 Å². The Morgan fingerprint density at radius 1 is 0.600 bits per heavy atom. The average Bonchev–Trinajstić information content (AvgIpc) is 3.12. The molecule has 50 heavy (non-hydrogen) atoms. The molecule has 6 rings (SSSR count). The van der Waals surface area contributed by atoms with Crippen molar-refractivity contribution in [3.8, 4) is 63.7 Å². The predicted molar refractivity (Wildman–Crippen MR) is 190 cm³/mol. The number of benzene rings is 6. The van der Waals surface area contributed by atoms with Crippen molar-refractivity contribution in [3.05, 3.63) is 156 Å². The zero-order chi connectivity index (χ0) is 35.3. The highest BCUT2D eigenvalue weighted by molar-refractivity contribution is 7.86. The molecule has 9 heteroatoms. The molecule has 0 amide bonds. The molecular weight excluding hydrogens is 653 g/mol. The molecule has 0 heterocycles. The first-order valence-electron chi connectivity index (χ1n) is 15.3. The molecule has 0 saturated carbocycles. The van der Waals surface area contributed by atoms with Crippen molar-refractivity contribution in [2.75, 3.05) is 7.11 Å². The van der Waals surface area contributed by atoms with Gasteiger partial charge in [-0.25, -0.2) is 0 Å². The molecule has 8 nitrogen and oxygen atoms in total. The van der Waals surface area contributed by atoms with Crippen molar-refractivity contribution in [3.63, 3.8) is 0 Å². The third-order valence-electron chi connectivity index (χ3n) is 7.62. The van der Waals surface area contributed by atoms with Crippen LogP contribution in [0.4, 0.5) is 0 Å². The van der Waals surface area contributed by atoms with Gasteiger partial charge in [0.25, 0.3) is 10.1 Å². The van der Waals surface area contributed by atoms with Crippen LogP contribution in [0.5, 0.6) is 40.2 Å². The average molecular weight is 683 g/mol. The fourth-order valence-electron chi connectivity index (χ4n) is 5.14. The van der Waals surface area contributed by atoms with Crippen molar-refractivity contribution in [2.24, 2.45) is 0 Å². The zero-order valence-electron chi connectivity index (χ0n) is 27.0. The van der Waals surface area contributed by atoms with Crippen LogP contribution in [-0.2, 0) is 10.1 Å². The first kappa shape index (κ1) is 33.6. The lowest BCUT2D eigenvalue weighted by atomic mass is 10.0. The van der Waals surface area contributed by atoms with Gasteiger partial charge in [0, 0.05) is 22.8 Å². The number of carbonyl (C=O) groups is 1. The van der Waals surface area contributed by atoms with Gasteiger partial charge in [-0.3, -0.25) is 9.35 Å². The number of rotatable bonds is 11. The summed E-state index contributed by atoms with van der Waals surface area (Å²) in [5, 5.41) is 0. The monoisotopic (exact) mass is 682 g/mol. The van der Waals surface area contributed by atoms with Crippen LogP contribution >= 0.6 is 0 Å². The highest BCUT2D eigenvalue weighted by Crippen LogP contribution is 2.35. The van der Waals surface area contributed by atoms with Gasteiger partial charge >= 0.3 is 0 Å². The number of ketones is 1. The molecule has 248 valence electrons. The number of methoxy groups -OCH3 is 1. The molecule has 0 saturated heterocycles. The second-order valence-corrected chi connectivity index (χ2v) is 12.6. The lowest BCUT2D eigenvalue weighted by Gasteiger charge is -2.13. The first-order valence-corrected chi connectivity index (χ1v) is 16.7. The third-order valence-corrected chi connectivity index (χ3v) is 8.50. The zero-order valence-corrected chi connectivity index (χ0v) is 27.8. The molecule has 0 spiro atoms. The Kier molecular flexibility index (Phi) is 9.68. The van der Waals surface area contributed by atoms with Crippen LogP contribution in [0.3, 0.4) is 0 Å². The van der Waals surface area contributed by atoms with E-state index < -0.39 is 15.0 Å². The van der Waals surface area contributed by atoms with Crippen LogP contribution in [0.15, 0.2) is 138 Å². The van der Waals surface area contributed by atoms with Crippen molar-refractivity contribution < 1.29 is 36.7 Å². The number of hydrogen-bond acceptors (Lipinski definition) is 7. The van der Waals surface area contributed by atoms with Crippen LogP contribution in [0.2, 0.25) is 0 Å². The normalized spacial score (nSPS) is 10.9. The van der Waals surface area contributed by atoms with Crippen LogP contribution in [0.1, 0.15) is 27.0 Å². The molecule has 0 unspecified atom stereocenters. The van der Waals surface area contributed by atoms with Gasteiger partial charge in [-0.15, -0.1) is 6.42 Å². The molecule has 0 atom stereocenters. The molecule has 0 bridgehead atoms.